The highest BCUT2D eigenvalue weighted by molar-refractivity contribution is 4.98. The lowest BCUT2D eigenvalue weighted by Crippen LogP contribution is -2.38. The van der Waals surface area contributed by atoms with E-state index in [0.29, 0.717) is 6.04 Å². The van der Waals surface area contributed by atoms with Crippen LogP contribution in [0.1, 0.15) is 32.1 Å². The van der Waals surface area contributed by atoms with Gasteiger partial charge in [-0.3, -0.25) is 4.90 Å². The molecule has 0 aromatic heterocycles. The molecule has 0 bridgehead atoms. The van der Waals surface area contributed by atoms with Crippen LogP contribution in [0.15, 0.2) is 12.7 Å². The average Bonchev–Trinajstić information content (AvgIpc) is 2.47. The summed E-state index contributed by atoms with van der Waals surface area (Å²) in [6.07, 6.45) is 9.19. The third kappa shape index (κ3) is 1.22. The van der Waals surface area contributed by atoms with Gasteiger partial charge in [-0.1, -0.05) is 12.5 Å². The lowest BCUT2D eigenvalue weighted by molar-refractivity contribution is 0.170. The number of piperidine rings is 1. The van der Waals surface area contributed by atoms with Gasteiger partial charge in [0.2, 0.25) is 0 Å². The average molecular weight is 151 g/mol. The van der Waals surface area contributed by atoms with E-state index in [1.807, 2.05) is 0 Å². The van der Waals surface area contributed by atoms with Crippen molar-refractivity contribution in [3.05, 3.63) is 12.7 Å². The zero-order chi connectivity index (χ0) is 7.68. The van der Waals surface area contributed by atoms with Gasteiger partial charge >= 0.3 is 0 Å². The van der Waals surface area contributed by atoms with Crippen molar-refractivity contribution in [2.45, 2.75) is 44.2 Å². The summed E-state index contributed by atoms with van der Waals surface area (Å²) < 4.78 is 0. The van der Waals surface area contributed by atoms with Crippen LogP contribution in [-0.2, 0) is 0 Å². The molecule has 2 aliphatic rings. The van der Waals surface area contributed by atoms with Crippen molar-refractivity contribution in [1.29, 1.82) is 0 Å². The molecule has 2 saturated heterocycles. The van der Waals surface area contributed by atoms with Crippen LogP contribution in [0.2, 0.25) is 0 Å². The van der Waals surface area contributed by atoms with Crippen molar-refractivity contribution in [3.63, 3.8) is 0 Å². The van der Waals surface area contributed by atoms with Gasteiger partial charge in [0.1, 0.15) is 0 Å². The third-order valence-electron chi connectivity index (χ3n) is 3.17. The highest BCUT2D eigenvalue weighted by Gasteiger charge is 2.32. The lowest BCUT2D eigenvalue weighted by Gasteiger charge is -2.32. The summed E-state index contributed by atoms with van der Waals surface area (Å²) >= 11 is 0. The molecule has 1 nitrogen and oxygen atoms in total. The number of hydrogen-bond donors (Lipinski definition) is 0. The third-order valence-corrected chi connectivity index (χ3v) is 3.17. The Kier molecular flexibility index (Phi) is 1.99. The monoisotopic (exact) mass is 151 g/mol. The summed E-state index contributed by atoms with van der Waals surface area (Å²) in [5.41, 5.74) is 0. The van der Waals surface area contributed by atoms with E-state index in [2.05, 4.69) is 17.6 Å². The van der Waals surface area contributed by atoms with Crippen molar-refractivity contribution >= 4 is 0 Å². The molecule has 2 rings (SSSR count). The highest BCUT2D eigenvalue weighted by Crippen LogP contribution is 2.31. The zero-order valence-electron chi connectivity index (χ0n) is 7.13. The molecule has 11 heavy (non-hydrogen) atoms. The van der Waals surface area contributed by atoms with Crippen molar-refractivity contribution in [3.8, 4) is 0 Å². The second kappa shape index (κ2) is 2.98. The number of fused-ring (bicyclic) bond motifs is 1. The van der Waals surface area contributed by atoms with E-state index in [1.165, 1.54) is 38.6 Å². The molecule has 0 aliphatic carbocycles. The molecule has 2 heterocycles. The van der Waals surface area contributed by atoms with Crippen molar-refractivity contribution in [2.24, 2.45) is 0 Å². The first-order valence-electron chi connectivity index (χ1n) is 4.80. The number of hydrogen-bond acceptors (Lipinski definition) is 1. The van der Waals surface area contributed by atoms with E-state index in [0.717, 1.165) is 6.04 Å². The van der Waals surface area contributed by atoms with Crippen molar-refractivity contribution < 1.29 is 0 Å². The molecule has 2 fully saturated rings. The van der Waals surface area contributed by atoms with E-state index in [4.69, 9.17) is 0 Å². The Morgan fingerprint density at radius 3 is 2.91 bits per heavy atom. The minimum absolute atomic E-state index is 0.709. The predicted molar refractivity (Wildman–Crippen MR) is 47.6 cm³/mol. The topological polar surface area (TPSA) is 3.24 Å². The molecule has 62 valence electrons. The summed E-state index contributed by atoms with van der Waals surface area (Å²) in [6.45, 7) is 5.21. The van der Waals surface area contributed by atoms with Crippen molar-refractivity contribution in [1.82, 2.24) is 4.90 Å². The lowest BCUT2D eigenvalue weighted by atomic mass is 10.0. The van der Waals surface area contributed by atoms with Crippen LogP contribution in [0.25, 0.3) is 0 Å². The molecule has 1 heteroatoms. The predicted octanol–water partition coefficient (Wildman–Crippen LogP) is 2.19. The maximum Gasteiger partial charge on any atom is 0.0279 e. The van der Waals surface area contributed by atoms with E-state index in [-0.39, 0.29) is 0 Å². The Morgan fingerprint density at radius 2 is 2.09 bits per heavy atom. The van der Waals surface area contributed by atoms with Gasteiger partial charge in [0, 0.05) is 12.1 Å². The van der Waals surface area contributed by atoms with Crippen LogP contribution >= 0.6 is 0 Å². The molecule has 0 unspecified atom stereocenters. The fourth-order valence-corrected chi connectivity index (χ4v) is 2.55. The summed E-state index contributed by atoms with van der Waals surface area (Å²) in [5, 5.41) is 0. The first-order chi connectivity index (χ1) is 5.42. The van der Waals surface area contributed by atoms with Crippen LogP contribution in [0, 0.1) is 0 Å². The molecule has 2 atom stereocenters. The molecule has 2 aliphatic heterocycles. The summed E-state index contributed by atoms with van der Waals surface area (Å²) in [4.78, 5) is 2.65. The second-order valence-corrected chi connectivity index (χ2v) is 3.77. The maximum absolute atomic E-state index is 3.89. The molecular weight excluding hydrogens is 134 g/mol. The van der Waals surface area contributed by atoms with Crippen LogP contribution in [0.3, 0.4) is 0 Å². The Hall–Kier alpha value is -0.300. The quantitative estimate of drug-likeness (QED) is 0.519. The van der Waals surface area contributed by atoms with Gasteiger partial charge in [0.25, 0.3) is 0 Å². The molecule has 0 aromatic carbocycles. The van der Waals surface area contributed by atoms with Gasteiger partial charge in [-0.2, -0.15) is 0 Å². The molecule has 0 saturated carbocycles. The van der Waals surface area contributed by atoms with E-state index < -0.39 is 0 Å². The van der Waals surface area contributed by atoms with Crippen LogP contribution < -0.4 is 0 Å². The standard InChI is InChI=1S/C10H17N/c1-2-9-6-7-10-5-3-4-8-11(9)10/h2,9-10H,1,3-8H2/t9-,10+/m0/s1. The van der Waals surface area contributed by atoms with Crippen LogP contribution in [-0.4, -0.2) is 23.5 Å². The van der Waals surface area contributed by atoms with E-state index in [9.17, 15) is 0 Å². The maximum atomic E-state index is 3.89. The number of rotatable bonds is 1. The minimum atomic E-state index is 0.709. The normalized spacial score (nSPS) is 38.5. The van der Waals surface area contributed by atoms with E-state index in [1.54, 1.807) is 0 Å². The second-order valence-electron chi connectivity index (χ2n) is 3.77. The van der Waals surface area contributed by atoms with Crippen molar-refractivity contribution in [2.75, 3.05) is 6.54 Å². The molecule has 0 amide bonds. The Balaban J connectivity index is 2.03. The summed E-state index contributed by atoms with van der Waals surface area (Å²) in [6, 6.07) is 1.62. The largest absolute Gasteiger partial charge is 0.294 e. The first kappa shape index (κ1) is 7.35. The fraction of sp³-hybridized carbons (Fsp3) is 0.800. The van der Waals surface area contributed by atoms with Gasteiger partial charge in [-0.25, -0.2) is 0 Å². The Bertz CT molecular complexity index is 153. The van der Waals surface area contributed by atoms with Gasteiger partial charge in [-0.05, 0) is 32.2 Å². The van der Waals surface area contributed by atoms with Crippen LogP contribution in [0.5, 0.6) is 0 Å². The highest BCUT2D eigenvalue weighted by atomic mass is 15.2. The Morgan fingerprint density at radius 1 is 1.18 bits per heavy atom. The molecular formula is C10H17N. The van der Waals surface area contributed by atoms with Crippen LogP contribution in [0.4, 0.5) is 0 Å². The van der Waals surface area contributed by atoms with Gasteiger partial charge < -0.3 is 0 Å². The van der Waals surface area contributed by atoms with E-state index >= 15 is 0 Å². The summed E-state index contributed by atoms with van der Waals surface area (Å²) in [7, 11) is 0. The minimum Gasteiger partial charge on any atom is -0.294 e. The molecule has 0 spiro atoms. The Labute approximate surface area is 69.1 Å². The fourth-order valence-electron chi connectivity index (χ4n) is 2.55. The van der Waals surface area contributed by atoms with Gasteiger partial charge in [0.15, 0.2) is 0 Å². The summed E-state index contributed by atoms with van der Waals surface area (Å²) in [5.74, 6) is 0. The van der Waals surface area contributed by atoms with Gasteiger partial charge in [-0.15, -0.1) is 6.58 Å². The zero-order valence-corrected chi connectivity index (χ0v) is 7.13. The number of nitrogens with zero attached hydrogens (tertiary/aromatic N) is 1. The molecule has 0 radical (unpaired) electrons. The molecule has 0 aromatic rings. The SMILES string of the molecule is C=C[C@H]1CC[C@H]2CCCCN21. The smallest absolute Gasteiger partial charge is 0.0279 e. The first-order valence-corrected chi connectivity index (χ1v) is 4.80. The van der Waals surface area contributed by atoms with Gasteiger partial charge in [0.05, 0.1) is 0 Å². The molecule has 0 N–H and O–H groups in total.